The number of nitro benzene ring substituents is 1. The molecule has 0 aliphatic carbocycles. The largest absolute Gasteiger partial charge is 0.341 e. The van der Waals surface area contributed by atoms with Gasteiger partial charge in [0.1, 0.15) is 0 Å². The molecule has 0 saturated carbocycles. The van der Waals surface area contributed by atoms with Gasteiger partial charge in [0.15, 0.2) is 0 Å². The van der Waals surface area contributed by atoms with Crippen molar-refractivity contribution in [3.8, 4) is 0 Å². The average molecular weight is 331 g/mol. The Hall–Kier alpha value is -1.27. The van der Waals surface area contributed by atoms with Crippen LogP contribution in [0.5, 0.6) is 0 Å². The van der Waals surface area contributed by atoms with Gasteiger partial charge in [-0.3, -0.25) is 14.9 Å². The molecule has 0 aliphatic heterocycles. The van der Waals surface area contributed by atoms with Crippen LogP contribution in [0.15, 0.2) is 18.2 Å². The van der Waals surface area contributed by atoms with Crippen LogP contribution in [-0.2, 0) is 11.3 Å². The first-order valence-corrected chi connectivity index (χ1v) is 7.77. The molecule has 1 aromatic carbocycles. The first-order chi connectivity index (χ1) is 9.60. The number of carbonyl (C=O) groups excluding carboxylic acids is 1. The molecule has 1 rings (SSSR count). The fourth-order valence-electron chi connectivity index (χ4n) is 1.53. The third-order valence-corrected chi connectivity index (χ3v) is 4.33. The van der Waals surface area contributed by atoms with Gasteiger partial charge in [0.05, 0.1) is 10.7 Å². The molecule has 0 atom stereocenters. The van der Waals surface area contributed by atoms with Crippen molar-refractivity contribution in [2.75, 3.05) is 12.8 Å². The van der Waals surface area contributed by atoms with E-state index in [1.165, 1.54) is 23.1 Å². The Balaban J connectivity index is 2.74. The first kappa shape index (κ1) is 17.8. The molecule has 0 unspecified atom stereocenters. The lowest BCUT2D eigenvalue weighted by atomic mass is 10.2. The minimum Gasteiger partial charge on any atom is -0.341 e. The van der Waals surface area contributed by atoms with Crippen molar-refractivity contribution in [3.05, 3.63) is 38.9 Å². The van der Waals surface area contributed by atoms with Crippen molar-refractivity contribution < 1.29 is 9.72 Å². The molecule has 21 heavy (non-hydrogen) atoms. The molecule has 0 N–H and O–H groups in total. The smallest absolute Gasteiger partial charge is 0.269 e. The Morgan fingerprint density at radius 2 is 2.05 bits per heavy atom. The van der Waals surface area contributed by atoms with Gasteiger partial charge in [-0.05, 0) is 11.6 Å². The van der Waals surface area contributed by atoms with Crippen LogP contribution in [0.3, 0.4) is 0 Å². The van der Waals surface area contributed by atoms with Gasteiger partial charge in [-0.25, -0.2) is 0 Å². The summed E-state index contributed by atoms with van der Waals surface area (Å²) in [7, 11) is 1.67. The summed E-state index contributed by atoms with van der Waals surface area (Å²) < 4.78 is 0.0136. The van der Waals surface area contributed by atoms with Crippen molar-refractivity contribution >= 4 is 35.0 Å². The summed E-state index contributed by atoms with van der Waals surface area (Å²) in [6.07, 6.45) is 0. The van der Waals surface area contributed by atoms with E-state index >= 15 is 0 Å². The second-order valence-corrected chi connectivity index (χ2v) is 7.89. The van der Waals surface area contributed by atoms with E-state index in [4.69, 9.17) is 11.6 Å². The standard InChI is InChI=1S/C14H19ClN2O3S/c1-14(2,3)21-9-13(18)16(4)8-10-7-11(17(19)20)5-6-12(10)15/h5-7H,8-9H2,1-4H3. The number of hydrogen-bond donors (Lipinski definition) is 0. The van der Waals surface area contributed by atoms with Crippen LogP contribution < -0.4 is 0 Å². The van der Waals surface area contributed by atoms with Crippen LogP contribution >= 0.6 is 23.4 Å². The van der Waals surface area contributed by atoms with Crippen molar-refractivity contribution in [2.45, 2.75) is 32.1 Å². The van der Waals surface area contributed by atoms with Gasteiger partial charge in [-0.15, -0.1) is 11.8 Å². The molecule has 0 spiro atoms. The normalized spacial score (nSPS) is 11.3. The SMILES string of the molecule is CN(Cc1cc([N+](=O)[O-])ccc1Cl)C(=O)CSC(C)(C)C. The lowest BCUT2D eigenvalue weighted by Gasteiger charge is -2.21. The second kappa shape index (κ2) is 7.13. The average Bonchev–Trinajstić information content (AvgIpc) is 2.37. The fraction of sp³-hybridized carbons (Fsp3) is 0.500. The molecule has 1 aromatic rings. The number of benzene rings is 1. The summed E-state index contributed by atoms with van der Waals surface area (Å²) in [6, 6.07) is 4.24. The molecular weight excluding hydrogens is 312 g/mol. The zero-order valence-electron chi connectivity index (χ0n) is 12.6. The molecule has 0 aromatic heterocycles. The summed E-state index contributed by atoms with van der Waals surface area (Å²) >= 11 is 7.59. The number of non-ortho nitro benzene ring substituents is 1. The van der Waals surface area contributed by atoms with Crippen LogP contribution in [0.25, 0.3) is 0 Å². The van der Waals surface area contributed by atoms with Crippen LogP contribution in [0.2, 0.25) is 5.02 Å². The van der Waals surface area contributed by atoms with Crippen LogP contribution in [0.1, 0.15) is 26.3 Å². The lowest BCUT2D eigenvalue weighted by molar-refractivity contribution is -0.384. The van der Waals surface area contributed by atoms with Gasteiger partial charge in [0.2, 0.25) is 5.91 Å². The minimum atomic E-state index is -0.475. The maximum atomic E-state index is 12.1. The molecule has 0 aliphatic rings. The van der Waals surface area contributed by atoms with E-state index < -0.39 is 4.92 Å². The number of carbonyl (C=O) groups is 1. The zero-order valence-corrected chi connectivity index (χ0v) is 14.1. The number of amides is 1. The Morgan fingerprint density at radius 3 is 2.57 bits per heavy atom. The van der Waals surface area contributed by atoms with Crippen molar-refractivity contribution in [2.24, 2.45) is 0 Å². The second-order valence-electron chi connectivity index (χ2n) is 5.68. The van der Waals surface area contributed by atoms with E-state index in [2.05, 4.69) is 0 Å². The van der Waals surface area contributed by atoms with Gasteiger partial charge >= 0.3 is 0 Å². The highest BCUT2D eigenvalue weighted by atomic mass is 35.5. The van der Waals surface area contributed by atoms with Crippen molar-refractivity contribution in [3.63, 3.8) is 0 Å². The summed E-state index contributed by atoms with van der Waals surface area (Å²) in [5.74, 6) is 0.338. The Kier molecular flexibility index (Phi) is 6.04. The van der Waals surface area contributed by atoms with Gasteiger partial charge < -0.3 is 4.90 Å². The van der Waals surface area contributed by atoms with Gasteiger partial charge in [-0.1, -0.05) is 32.4 Å². The van der Waals surface area contributed by atoms with Crippen molar-refractivity contribution in [1.82, 2.24) is 4.90 Å². The predicted molar refractivity (Wildman–Crippen MR) is 86.8 cm³/mol. The molecule has 116 valence electrons. The third kappa shape index (κ3) is 5.93. The number of hydrogen-bond acceptors (Lipinski definition) is 4. The number of nitro groups is 1. The number of rotatable bonds is 5. The Labute approximate surface area is 133 Å². The van der Waals surface area contributed by atoms with Crippen LogP contribution in [0, 0.1) is 10.1 Å². The molecule has 5 nitrogen and oxygen atoms in total. The Bertz CT molecular complexity index is 544. The highest BCUT2D eigenvalue weighted by Gasteiger charge is 2.18. The van der Waals surface area contributed by atoms with Crippen molar-refractivity contribution in [1.29, 1.82) is 0 Å². The van der Waals surface area contributed by atoms with E-state index in [-0.39, 0.29) is 22.9 Å². The minimum absolute atomic E-state index is 0.0136. The maximum Gasteiger partial charge on any atom is 0.269 e. The first-order valence-electron chi connectivity index (χ1n) is 6.41. The summed E-state index contributed by atoms with van der Waals surface area (Å²) in [5, 5.41) is 11.2. The summed E-state index contributed by atoms with van der Waals surface area (Å²) in [6.45, 7) is 6.39. The molecule has 0 heterocycles. The highest BCUT2D eigenvalue weighted by Crippen LogP contribution is 2.25. The summed E-state index contributed by atoms with van der Waals surface area (Å²) in [4.78, 5) is 23.9. The number of halogens is 1. The number of thioether (sulfide) groups is 1. The van der Waals surface area contributed by atoms with E-state index in [1.54, 1.807) is 18.8 Å². The molecule has 0 fully saturated rings. The molecule has 0 saturated heterocycles. The quantitative estimate of drug-likeness (QED) is 0.609. The van der Waals surface area contributed by atoms with E-state index in [0.717, 1.165) is 0 Å². The van der Waals surface area contributed by atoms with E-state index in [1.807, 2.05) is 20.8 Å². The molecule has 7 heteroatoms. The fourth-order valence-corrected chi connectivity index (χ4v) is 2.48. The number of nitrogens with zero attached hydrogens (tertiary/aromatic N) is 2. The van der Waals surface area contributed by atoms with E-state index in [0.29, 0.717) is 16.3 Å². The predicted octanol–water partition coefficient (Wildman–Crippen LogP) is 3.74. The third-order valence-electron chi connectivity index (χ3n) is 2.70. The van der Waals surface area contributed by atoms with E-state index in [9.17, 15) is 14.9 Å². The van der Waals surface area contributed by atoms with Gasteiger partial charge in [-0.2, -0.15) is 0 Å². The molecule has 1 amide bonds. The Morgan fingerprint density at radius 1 is 1.43 bits per heavy atom. The zero-order chi connectivity index (χ0) is 16.2. The van der Waals surface area contributed by atoms with Gasteiger partial charge in [0, 0.05) is 35.5 Å². The van der Waals surface area contributed by atoms with Crippen LogP contribution in [-0.4, -0.2) is 33.3 Å². The highest BCUT2D eigenvalue weighted by molar-refractivity contribution is 8.01. The monoisotopic (exact) mass is 330 g/mol. The molecule has 0 radical (unpaired) electrons. The van der Waals surface area contributed by atoms with Crippen LogP contribution in [0.4, 0.5) is 5.69 Å². The summed E-state index contributed by atoms with van der Waals surface area (Å²) in [5.41, 5.74) is 0.543. The molecule has 0 bridgehead atoms. The van der Waals surface area contributed by atoms with Gasteiger partial charge in [0.25, 0.3) is 5.69 Å². The molecular formula is C14H19ClN2O3S. The maximum absolute atomic E-state index is 12.1. The lowest BCUT2D eigenvalue weighted by Crippen LogP contribution is -2.29. The topological polar surface area (TPSA) is 63.4 Å².